The molecule has 3 aliphatic heterocycles. The number of benzene rings is 2. The summed E-state index contributed by atoms with van der Waals surface area (Å²) < 4.78 is 13.1. The number of nitrogens with one attached hydrogen (secondary N) is 1. The van der Waals surface area contributed by atoms with E-state index >= 15 is 0 Å². The molecule has 1 unspecified atom stereocenters. The zero-order valence-corrected chi connectivity index (χ0v) is 28.1. The Labute approximate surface area is 287 Å². The molecule has 0 radical (unpaired) electrons. The Morgan fingerprint density at radius 3 is 2.61 bits per heavy atom. The molecule has 1 N–H and O–H groups in total. The van der Waals surface area contributed by atoms with Crippen LogP contribution in [0.1, 0.15) is 68.9 Å². The topological polar surface area (TPSA) is 114 Å². The van der Waals surface area contributed by atoms with Crippen molar-refractivity contribution < 1.29 is 19.1 Å². The SMILES string of the molecule is O=C(CCCCCCC(=O)N1CCN(c2ccc(Nc3nc(-c4ccc5c(c4)CN=C5)cn4ccnc34)cc2)CC1)COC1CCCCO1. The van der Waals surface area contributed by atoms with Gasteiger partial charge in [0.05, 0.1) is 12.2 Å². The number of ether oxygens (including phenoxy) is 2. The van der Waals surface area contributed by atoms with Crippen molar-refractivity contribution in [1.82, 2.24) is 19.3 Å². The molecule has 0 aliphatic carbocycles. The van der Waals surface area contributed by atoms with Crippen LogP contribution in [0.3, 0.4) is 0 Å². The van der Waals surface area contributed by atoms with Gasteiger partial charge in [-0.25, -0.2) is 9.97 Å². The van der Waals surface area contributed by atoms with Gasteiger partial charge in [0.2, 0.25) is 5.91 Å². The number of carbonyl (C=O) groups excluding carboxylic acids is 2. The van der Waals surface area contributed by atoms with Gasteiger partial charge in [-0.3, -0.25) is 14.6 Å². The van der Waals surface area contributed by atoms with E-state index in [4.69, 9.17) is 14.5 Å². The smallest absolute Gasteiger partial charge is 0.222 e. The van der Waals surface area contributed by atoms with Crippen molar-refractivity contribution in [3.05, 3.63) is 72.2 Å². The van der Waals surface area contributed by atoms with Gasteiger partial charge in [0, 0.05) is 87.4 Å². The number of Topliss-reactive ketones (excluding diaryl/α,β-unsaturated/α-hetero) is 1. The molecule has 2 fully saturated rings. The van der Waals surface area contributed by atoms with E-state index in [1.807, 2.05) is 27.9 Å². The third-order valence-corrected chi connectivity index (χ3v) is 9.60. The van der Waals surface area contributed by atoms with Crippen LogP contribution in [0.2, 0.25) is 0 Å². The number of carbonyl (C=O) groups is 2. The van der Waals surface area contributed by atoms with Crippen LogP contribution in [-0.4, -0.2) is 82.9 Å². The van der Waals surface area contributed by atoms with E-state index in [-0.39, 0.29) is 24.6 Å². The number of unbranched alkanes of at least 4 members (excludes halogenated alkanes) is 3. The average Bonchev–Trinajstić information content (AvgIpc) is 3.83. The normalized spacial score (nSPS) is 17.4. The van der Waals surface area contributed by atoms with Crippen LogP contribution in [0.15, 0.2) is 66.0 Å². The van der Waals surface area contributed by atoms with Gasteiger partial charge in [-0.15, -0.1) is 0 Å². The predicted octanol–water partition coefficient (Wildman–Crippen LogP) is 6.17. The summed E-state index contributed by atoms with van der Waals surface area (Å²) in [6.07, 6.45) is 15.2. The first-order chi connectivity index (χ1) is 24.1. The number of fused-ring (bicyclic) bond motifs is 2. The molecule has 1 atom stereocenters. The molecule has 11 heteroatoms. The summed E-state index contributed by atoms with van der Waals surface area (Å²) in [5.74, 6) is 1.06. The van der Waals surface area contributed by atoms with Crippen LogP contribution in [0.25, 0.3) is 16.9 Å². The first kappa shape index (κ1) is 32.9. The molecule has 7 rings (SSSR count). The molecule has 2 saturated heterocycles. The zero-order valence-electron chi connectivity index (χ0n) is 28.1. The van der Waals surface area contributed by atoms with E-state index in [1.54, 1.807) is 6.20 Å². The van der Waals surface area contributed by atoms with E-state index in [9.17, 15) is 9.59 Å². The minimum absolute atomic E-state index is 0.133. The first-order valence-electron chi connectivity index (χ1n) is 17.7. The average molecular weight is 664 g/mol. The highest BCUT2D eigenvalue weighted by Gasteiger charge is 2.21. The summed E-state index contributed by atoms with van der Waals surface area (Å²) in [5, 5.41) is 3.49. The highest BCUT2D eigenvalue weighted by Crippen LogP contribution is 2.28. The third kappa shape index (κ3) is 8.34. The molecule has 0 spiro atoms. The van der Waals surface area contributed by atoms with Gasteiger partial charge in [-0.2, -0.15) is 0 Å². The lowest BCUT2D eigenvalue weighted by Gasteiger charge is -2.36. The number of piperazine rings is 1. The van der Waals surface area contributed by atoms with Crippen LogP contribution in [0.4, 0.5) is 17.2 Å². The van der Waals surface area contributed by atoms with Crippen LogP contribution in [0.5, 0.6) is 0 Å². The molecule has 49 heavy (non-hydrogen) atoms. The summed E-state index contributed by atoms with van der Waals surface area (Å²) in [7, 11) is 0. The molecule has 11 nitrogen and oxygen atoms in total. The molecule has 1 amide bonds. The van der Waals surface area contributed by atoms with Gasteiger partial charge >= 0.3 is 0 Å². The second-order valence-electron chi connectivity index (χ2n) is 13.1. The van der Waals surface area contributed by atoms with Crippen LogP contribution in [0, 0.1) is 0 Å². The quantitative estimate of drug-likeness (QED) is 0.159. The van der Waals surface area contributed by atoms with Crippen molar-refractivity contribution in [2.24, 2.45) is 4.99 Å². The number of amides is 1. The van der Waals surface area contributed by atoms with Gasteiger partial charge in [-0.05, 0) is 73.6 Å². The third-order valence-electron chi connectivity index (χ3n) is 9.60. The first-order valence-corrected chi connectivity index (χ1v) is 17.7. The lowest BCUT2D eigenvalue weighted by molar-refractivity contribution is -0.169. The fourth-order valence-electron chi connectivity index (χ4n) is 6.74. The Hall–Kier alpha value is -4.61. The lowest BCUT2D eigenvalue weighted by Crippen LogP contribution is -2.48. The molecular weight excluding hydrogens is 618 g/mol. The number of anilines is 3. The van der Waals surface area contributed by atoms with Crippen molar-refractivity contribution in [1.29, 1.82) is 0 Å². The second-order valence-corrected chi connectivity index (χ2v) is 13.1. The zero-order chi connectivity index (χ0) is 33.4. The maximum Gasteiger partial charge on any atom is 0.222 e. The minimum atomic E-state index is -0.215. The summed E-state index contributed by atoms with van der Waals surface area (Å²) in [4.78, 5) is 43.2. The monoisotopic (exact) mass is 663 g/mol. The molecule has 2 aromatic carbocycles. The molecule has 2 aromatic heterocycles. The maximum atomic E-state index is 12.9. The van der Waals surface area contributed by atoms with Crippen LogP contribution < -0.4 is 10.2 Å². The number of hydrogen-bond donors (Lipinski definition) is 1. The van der Waals surface area contributed by atoms with Gasteiger partial charge < -0.3 is 29.0 Å². The Bertz CT molecular complexity index is 1770. The van der Waals surface area contributed by atoms with E-state index < -0.39 is 0 Å². The largest absolute Gasteiger partial charge is 0.368 e. The van der Waals surface area contributed by atoms with Crippen molar-refractivity contribution >= 4 is 40.7 Å². The number of hydrogen-bond acceptors (Lipinski definition) is 9. The number of imidazole rings is 1. The summed E-state index contributed by atoms with van der Waals surface area (Å²) in [5.41, 5.74) is 7.12. The summed E-state index contributed by atoms with van der Waals surface area (Å²) in [6.45, 7) is 4.63. The number of nitrogens with zero attached hydrogens (tertiary/aromatic N) is 6. The molecule has 256 valence electrons. The Balaban J connectivity index is 0.838. The molecule has 3 aliphatic rings. The minimum Gasteiger partial charge on any atom is -0.368 e. The fraction of sp³-hybridized carbons (Fsp3) is 0.447. The molecule has 5 heterocycles. The molecule has 0 bridgehead atoms. The highest BCUT2D eigenvalue weighted by molar-refractivity contribution is 5.86. The lowest BCUT2D eigenvalue weighted by atomic mass is 10.0. The van der Waals surface area contributed by atoms with Crippen LogP contribution in [-0.2, 0) is 25.6 Å². The Kier molecular flexibility index (Phi) is 10.6. The van der Waals surface area contributed by atoms with E-state index in [0.29, 0.717) is 25.2 Å². The van der Waals surface area contributed by atoms with Gasteiger partial charge in [0.25, 0.3) is 0 Å². The molecular formula is C38H45N7O4. The van der Waals surface area contributed by atoms with Gasteiger partial charge in [-0.1, -0.05) is 25.0 Å². The summed E-state index contributed by atoms with van der Waals surface area (Å²) in [6, 6.07) is 14.7. The van der Waals surface area contributed by atoms with Crippen molar-refractivity contribution in [2.75, 3.05) is 49.6 Å². The standard InChI is InChI=1S/C38H45N7O4/c46-33(27-49-36-9-5-6-22-48-36)7-3-1-2-4-8-35(47)44-20-18-43(19-21-44)32-14-12-31(13-15-32)41-37-38-40-16-17-45(38)26-34(42-37)28-10-11-29-24-39-25-30(29)23-28/h10-17,23-24,26,36H,1-9,18-22,25,27H2,(H,41,42). The summed E-state index contributed by atoms with van der Waals surface area (Å²) >= 11 is 0. The predicted molar refractivity (Wildman–Crippen MR) is 190 cm³/mol. The van der Waals surface area contributed by atoms with Crippen molar-refractivity contribution in [2.45, 2.75) is 70.6 Å². The van der Waals surface area contributed by atoms with Crippen molar-refractivity contribution in [3.63, 3.8) is 0 Å². The Morgan fingerprint density at radius 2 is 1.80 bits per heavy atom. The van der Waals surface area contributed by atoms with E-state index in [2.05, 4.69) is 62.7 Å². The maximum absolute atomic E-state index is 12.9. The number of aliphatic imine (C=N–C) groups is 1. The Morgan fingerprint density at radius 1 is 0.959 bits per heavy atom. The number of aromatic nitrogens is 3. The number of rotatable bonds is 14. The highest BCUT2D eigenvalue weighted by atomic mass is 16.7. The van der Waals surface area contributed by atoms with E-state index in [0.717, 1.165) is 106 Å². The molecule has 4 aromatic rings. The van der Waals surface area contributed by atoms with Gasteiger partial charge in [0.15, 0.2) is 23.5 Å². The number of ketones is 1. The van der Waals surface area contributed by atoms with Crippen LogP contribution >= 0.6 is 0 Å². The van der Waals surface area contributed by atoms with Crippen molar-refractivity contribution in [3.8, 4) is 11.3 Å². The van der Waals surface area contributed by atoms with Gasteiger partial charge in [0.1, 0.15) is 6.61 Å². The van der Waals surface area contributed by atoms with E-state index in [1.165, 1.54) is 11.1 Å². The fourth-order valence-corrected chi connectivity index (χ4v) is 6.74. The molecule has 0 saturated carbocycles. The second kappa shape index (κ2) is 15.7.